The van der Waals surface area contributed by atoms with Gasteiger partial charge in [-0.1, -0.05) is 64.2 Å². The summed E-state index contributed by atoms with van der Waals surface area (Å²) in [7, 11) is 0. The molecule has 1 aliphatic heterocycles. The van der Waals surface area contributed by atoms with Gasteiger partial charge in [0, 0.05) is 18.8 Å². The molecule has 5 amide bonds. The standard InChI is InChI=1S/C30H45N5O6/c1-4-6-15-23(24(36)25(37)33-29(3,5-2)26(38)31-22-13-9-7-10-14-22)32-27(39)30(16-11-8-12-17-30)34-28(40)35-18-20-41-21-19-35/h7,9-10,13-14,23H,4-6,8,11-12,15-21H2,1-3H3,(H,31,38)(H,32,39)(H,33,37)(H,34,40)/t23-,29-/m0/s1. The zero-order valence-corrected chi connectivity index (χ0v) is 24.6. The minimum atomic E-state index is -1.35. The predicted molar refractivity (Wildman–Crippen MR) is 155 cm³/mol. The van der Waals surface area contributed by atoms with Crippen LogP contribution >= 0.6 is 0 Å². The molecule has 4 N–H and O–H groups in total. The Labute approximate surface area is 242 Å². The van der Waals surface area contributed by atoms with E-state index < -0.39 is 40.6 Å². The molecule has 1 aromatic rings. The van der Waals surface area contributed by atoms with Crippen molar-refractivity contribution in [1.82, 2.24) is 20.9 Å². The van der Waals surface area contributed by atoms with E-state index in [2.05, 4.69) is 21.3 Å². The number of anilines is 1. The van der Waals surface area contributed by atoms with Crippen LogP contribution in [0.2, 0.25) is 0 Å². The largest absolute Gasteiger partial charge is 0.378 e. The summed E-state index contributed by atoms with van der Waals surface area (Å²) in [6.07, 6.45) is 5.24. The van der Waals surface area contributed by atoms with Crippen molar-refractivity contribution in [3.8, 4) is 0 Å². The Hall–Kier alpha value is -3.47. The van der Waals surface area contributed by atoms with Crippen LogP contribution in [-0.4, -0.2) is 77.9 Å². The summed E-state index contributed by atoms with van der Waals surface area (Å²) >= 11 is 0. The Morgan fingerprint density at radius 1 is 1.00 bits per heavy atom. The number of rotatable bonds is 12. The van der Waals surface area contributed by atoms with Gasteiger partial charge in [-0.05, 0) is 44.7 Å². The van der Waals surface area contributed by atoms with Gasteiger partial charge in [-0.2, -0.15) is 0 Å². The molecule has 1 saturated heterocycles. The van der Waals surface area contributed by atoms with Gasteiger partial charge in [-0.3, -0.25) is 19.2 Å². The number of nitrogens with one attached hydrogen (secondary N) is 4. The topological polar surface area (TPSA) is 146 Å². The Balaban J connectivity index is 1.73. The van der Waals surface area contributed by atoms with Crippen LogP contribution in [0.4, 0.5) is 10.5 Å². The molecular formula is C30H45N5O6. The van der Waals surface area contributed by atoms with Gasteiger partial charge in [-0.15, -0.1) is 0 Å². The van der Waals surface area contributed by atoms with Crippen molar-refractivity contribution in [3.63, 3.8) is 0 Å². The SMILES string of the molecule is CCCC[C@H](NC(=O)C1(NC(=O)N2CCOCC2)CCCCC1)C(=O)C(=O)N[C@@](C)(CC)C(=O)Nc1ccccc1. The van der Waals surface area contributed by atoms with Crippen molar-refractivity contribution < 1.29 is 28.7 Å². The van der Waals surface area contributed by atoms with Gasteiger partial charge in [0.25, 0.3) is 5.91 Å². The van der Waals surface area contributed by atoms with Crippen LogP contribution in [0.5, 0.6) is 0 Å². The predicted octanol–water partition coefficient (Wildman–Crippen LogP) is 2.90. The van der Waals surface area contributed by atoms with E-state index >= 15 is 0 Å². The van der Waals surface area contributed by atoms with Crippen LogP contribution in [-0.2, 0) is 23.9 Å². The number of ether oxygens (including phenoxy) is 1. The van der Waals surface area contributed by atoms with Crippen LogP contribution in [0.1, 0.15) is 78.6 Å². The van der Waals surface area contributed by atoms with Crippen molar-refractivity contribution in [2.45, 2.75) is 95.7 Å². The number of hydrogen-bond acceptors (Lipinski definition) is 6. The van der Waals surface area contributed by atoms with Crippen molar-refractivity contribution >= 4 is 35.2 Å². The normalized spacial score (nSPS) is 18.8. The van der Waals surface area contributed by atoms with Crippen LogP contribution in [0.15, 0.2) is 30.3 Å². The lowest BCUT2D eigenvalue weighted by Gasteiger charge is -2.39. The highest BCUT2D eigenvalue weighted by Crippen LogP contribution is 2.29. The number of morpholine rings is 1. The monoisotopic (exact) mass is 571 g/mol. The molecule has 0 aromatic heterocycles. The first-order chi connectivity index (χ1) is 19.6. The number of carbonyl (C=O) groups excluding carboxylic acids is 5. The van der Waals surface area contributed by atoms with E-state index in [4.69, 9.17) is 4.74 Å². The Morgan fingerprint density at radius 2 is 1.66 bits per heavy atom. The van der Waals surface area contributed by atoms with Crippen LogP contribution in [0, 0.1) is 0 Å². The summed E-state index contributed by atoms with van der Waals surface area (Å²) in [6, 6.07) is 7.44. The molecule has 2 fully saturated rings. The van der Waals surface area contributed by atoms with Gasteiger partial charge in [-0.25, -0.2) is 4.79 Å². The first-order valence-electron chi connectivity index (χ1n) is 14.8. The molecule has 1 aliphatic carbocycles. The molecule has 226 valence electrons. The summed E-state index contributed by atoms with van der Waals surface area (Å²) in [5, 5.41) is 11.2. The number of Topliss-reactive ketones (excluding diaryl/α,β-unsaturated/α-hetero) is 1. The van der Waals surface area contributed by atoms with Crippen LogP contribution in [0.3, 0.4) is 0 Å². The molecule has 1 heterocycles. The van der Waals surface area contributed by atoms with Crippen molar-refractivity contribution in [2.24, 2.45) is 0 Å². The number of urea groups is 1. The highest BCUT2D eigenvalue weighted by atomic mass is 16.5. The first kappa shape index (κ1) is 32.0. The number of para-hydroxylation sites is 1. The smallest absolute Gasteiger partial charge is 0.318 e. The van der Waals surface area contributed by atoms with Crippen LogP contribution in [0.25, 0.3) is 0 Å². The third-order valence-electron chi connectivity index (χ3n) is 8.11. The molecule has 2 aliphatic rings. The average Bonchev–Trinajstić information content (AvgIpc) is 2.99. The summed E-state index contributed by atoms with van der Waals surface area (Å²) in [4.78, 5) is 68.2. The molecule has 0 spiro atoms. The third-order valence-corrected chi connectivity index (χ3v) is 8.11. The zero-order valence-electron chi connectivity index (χ0n) is 24.6. The van der Waals surface area contributed by atoms with Gasteiger partial charge < -0.3 is 30.9 Å². The Morgan fingerprint density at radius 3 is 2.27 bits per heavy atom. The van der Waals surface area contributed by atoms with E-state index in [1.54, 1.807) is 43.0 Å². The molecule has 0 bridgehead atoms. The lowest BCUT2D eigenvalue weighted by Crippen LogP contribution is -2.65. The summed E-state index contributed by atoms with van der Waals surface area (Å²) in [5.74, 6) is -2.66. The molecule has 3 rings (SSSR count). The van der Waals surface area contributed by atoms with Crippen LogP contribution < -0.4 is 21.3 Å². The van der Waals surface area contributed by atoms with Gasteiger partial charge in [0.1, 0.15) is 11.1 Å². The van der Waals surface area contributed by atoms with E-state index in [1.165, 1.54) is 0 Å². The molecule has 1 saturated carbocycles. The van der Waals surface area contributed by atoms with E-state index in [9.17, 15) is 24.0 Å². The molecule has 2 atom stereocenters. The quantitative estimate of drug-likeness (QED) is 0.284. The van der Waals surface area contributed by atoms with Gasteiger partial charge in [0.15, 0.2) is 0 Å². The maximum atomic E-state index is 13.8. The number of benzene rings is 1. The summed E-state index contributed by atoms with van der Waals surface area (Å²) < 4.78 is 5.34. The first-order valence-corrected chi connectivity index (χ1v) is 14.8. The fourth-order valence-electron chi connectivity index (χ4n) is 5.15. The highest BCUT2D eigenvalue weighted by molar-refractivity contribution is 6.39. The summed E-state index contributed by atoms with van der Waals surface area (Å²) in [6.45, 7) is 7.02. The Kier molecular flexibility index (Phi) is 11.7. The molecule has 11 nitrogen and oxygen atoms in total. The van der Waals surface area contributed by atoms with Crippen molar-refractivity contribution in [1.29, 1.82) is 0 Å². The van der Waals surface area contributed by atoms with E-state index in [1.807, 2.05) is 13.0 Å². The molecule has 0 radical (unpaired) electrons. The number of carbonyl (C=O) groups is 5. The summed E-state index contributed by atoms with van der Waals surface area (Å²) in [5.41, 5.74) is -1.94. The number of nitrogens with zero attached hydrogens (tertiary/aromatic N) is 1. The second-order valence-corrected chi connectivity index (χ2v) is 11.2. The molecule has 11 heteroatoms. The van der Waals surface area contributed by atoms with Crippen molar-refractivity contribution in [3.05, 3.63) is 30.3 Å². The minimum Gasteiger partial charge on any atom is -0.378 e. The maximum absolute atomic E-state index is 13.8. The fraction of sp³-hybridized carbons (Fsp3) is 0.633. The number of hydrogen-bond donors (Lipinski definition) is 4. The zero-order chi connectivity index (χ0) is 29.9. The van der Waals surface area contributed by atoms with Crippen molar-refractivity contribution in [2.75, 3.05) is 31.6 Å². The molecular weight excluding hydrogens is 526 g/mol. The number of ketones is 1. The van der Waals surface area contributed by atoms with Gasteiger partial charge >= 0.3 is 6.03 Å². The van der Waals surface area contributed by atoms with E-state index in [-0.39, 0.29) is 18.9 Å². The maximum Gasteiger partial charge on any atom is 0.318 e. The minimum absolute atomic E-state index is 0.243. The molecule has 0 unspecified atom stereocenters. The average molecular weight is 572 g/mol. The van der Waals surface area contributed by atoms with Gasteiger partial charge in [0.2, 0.25) is 17.6 Å². The lowest BCUT2D eigenvalue weighted by atomic mass is 9.80. The Bertz CT molecular complexity index is 1070. The third kappa shape index (κ3) is 8.51. The molecule has 41 heavy (non-hydrogen) atoms. The highest BCUT2D eigenvalue weighted by Gasteiger charge is 2.44. The number of unbranched alkanes of at least 4 members (excludes halogenated alkanes) is 1. The van der Waals surface area contributed by atoms with Gasteiger partial charge in [0.05, 0.1) is 19.3 Å². The van der Waals surface area contributed by atoms with E-state index in [0.29, 0.717) is 51.3 Å². The second kappa shape index (κ2) is 15.0. The molecule has 1 aromatic carbocycles. The fourth-order valence-corrected chi connectivity index (χ4v) is 5.15. The number of amides is 5. The second-order valence-electron chi connectivity index (χ2n) is 11.2. The van der Waals surface area contributed by atoms with E-state index in [0.717, 1.165) is 25.7 Å². The lowest BCUT2D eigenvalue weighted by molar-refractivity contribution is -0.143.